The maximum Gasteiger partial charge on any atom is 0.254 e. The van der Waals surface area contributed by atoms with Crippen LogP contribution in [0.5, 0.6) is 0 Å². The average molecular weight is 437 g/mol. The van der Waals surface area contributed by atoms with E-state index in [-0.39, 0.29) is 36.1 Å². The summed E-state index contributed by atoms with van der Waals surface area (Å²) in [5.74, 6) is 0.0808. The molecule has 5 rings (SSSR count). The predicted octanol–water partition coefficient (Wildman–Crippen LogP) is 4.56. The van der Waals surface area contributed by atoms with Gasteiger partial charge in [0.15, 0.2) is 5.78 Å². The molecular formula is C25H25ClN2O3. The lowest BCUT2D eigenvalue weighted by Crippen LogP contribution is -2.50. The van der Waals surface area contributed by atoms with Crippen LogP contribution in [-0.2, 0) is 4.79 Å². The number of rotatable bonds is 3. The number of nitrogens with one attached hydrogen (secondary N) is 1. The largest absolute Gasteiger partial charge is 0.347 e. The van der Waals surface area contributed by atoms with Crippen molar-refractivity contribution in [3.8, 4) is 0 Å². The van der Waals surface area contributed by atoms with E-state index in [1.807, 2.05) is 24.3 Å². The van der Waals surface area contributed by atoms with E-state index >= 15 is 0 Å². The Balaban J connectivity index is 1.42. The average Bonchev–Trinajstić information content (AvgIpc) is 3.32. The van der Waals surface area contributed by atoms with Crippen molar-refractivity contribution in [3.63, 3.8) is 0 Å². The molecule has 2 amide bonds. The van der Waals surface area contributed by atoms with Gasteiger partial charge in [0.25, 0.3) is 5.91 Å². The number of carbonyl (C=O) groups is 3. The Morgan fingerprint density at radius 1 is 1.03 bits per heavy atom. The second kappa shape index (κ2) is 8.12. The SMILES string of the molecule is O=C1CC(NC(=O)[C@@H]2C[C@@H]3CCCC[C@@H]3N2C(=O)c2cccc(Cl)c2)c2ccccc21. The molecule has 1 saturated carbocycles. The number of halogens is 1. The molecule has 3 aliphatic rings. The van der Waals surface area contributed by atoms with Crippen LogP contribution in [0, 0.1) is 5.92 Å². The third-order valence-corrected chi connectivity index (χ3v) is 7.27. The number of nitrogens with zero attached hydrogens (tertiary/aromatic N) is 1. The zero-order chi connectivity index (χ0) is 21.5. The number of fused-ring (bicyclic) bond motifs is 2. The van der Waals surface area contributed by atoms with Gasteiger partial charge in [-0.15, -0.1) is 0 Å². The Kier molecular flexibility index (Phi) is 5.30. The van der Waals surface area contributed by atoms with Crippen molar-refractivity contribution >= 4 is 29.2 Å². The van der Waals surface area contributed by atoms with E-state index in [9.17, 15) is 14.4 Å². The zero-order valence-corrected chi connectivity index (χ0v) is 18.0. The number of benzene rings is 2. The summed E-state index contributed by atoms with van der Waals surface area (Å²) in [4.78, 5) is 41.1. The lowest BCUT2D eigenvalue weighted by molar-refractivity contribution is -0.125. The van der Waals surface area contributed by atoms with Crippen LogP contribution in [0.15, 0.2) is 48.5 Å². The smallest absolute Gasteiger partial charge is 0.254 e. The highest BCUT2D eigenvalue weighted by molar-refractivity contribution is 6.31. The van der Waals surface area contributed by atoms with E-state index < -0.39 is 6.04 Å². The van der Waals surface area contributed by atoms with E-state index in [1.165, 1.54) is 0 Å². The highest BCUT2D eigenvalue weighted by Gasteiger charge is 2.48. The number of amides is 2. The minimum absolute atomic E-state index is 0.0489. The molecule has 2 aromatic rings. The maximum absolute atomic E-state index is 13.5. The van der Waals surface area contributed by atoms with E-state index in [4.69, 9.17) is 11.6 Å². The van der Waals surface area contributed by atoms with Crippen molar-refractivity contribution in [1.82, 2.24) is 10.2 Å². The molecule has 0 aromatic heterocycles. The van der Waals surface area contributed by atoms with Gasteiger partial charge in [0.05, 0.1) is 6.04 Å². The van der Waals surface area contributed by atoms with E-state index in [0.717, 1.165) is 31.2 Å². The van der Waals surface area contributed by atoms with Gasteiger partial charge in [0.1, 0.15) is 6.04 Å². The second-order valence-electron chi connectivity index (χ2n) is 8.86. The molecule has 31 heavy (non-hydrogen) atoms. The molecule has 0 bridgehead atoms. The number of ketones is 1. The molecule has 1 aliphatic heterocycles. The second-order valence-corrected chi connectivity index (χ2v) is 9.30. The van der Waals surface area contributed by atoms with Crippen molar-refractivity contribution in [2.45, 2.75) is 56.7 Å². The summed E-state index contributed by atoms with van der Waals surface area (Å²) in [5, 5.41) is 3.59. The van der Waals surface area contributed by atoms with Gasteiger partial charge >= 0.3 is 0 Å². The standard InChI is InChI=1S/C25H25ClN2O3/c26-17-8-5-7-16(12-17)25(31)28-21-11-4-1-6-15(21)13-22(28)24(30)27-20-14-23(29)19-10-3-2-9-18(19)20/h2-3,5,7-10,12,15,20-22H,1,4,6,11,13-14H2,(H,27,30)/t15-,20?,21-,22-/m0/s1. The minimum atomic E-state index is -0.526. The number of Topliss-reactive ketones (excluding diaryl/α,β-unsaturated/α-hetero) is 1. The molecule has 1 heterocycles. The fraction of sp³-hybridized carbons (Fsp3) is 0.400. The molecule has 5 nitrogen and oxygen atoms in total. The van der Waals surface area contributed by atoms with Crippen molar-refractivity contribution < 1.29 is 14.4 Å². The Bertz CT molecular complexity index is 1050. The van der Waals surface area contributed by atoms with Gasteiger partial charge in [-0.2, -0.15) is 0 Å². The molecule has 1 N–H and O–H groups in total. The van der Waals surface area contributed by atoms with Crippen LogP contribution in [0.25, 0.3) is 0 Å². The van der Waals surface area contributed by atoms with E-state index in [2.05, 4.69) is 5.32 Å². The van der Waals surface area contributed by atoms with Gasteiger partial charge in [-0.25, -0.2) is 0 Å². The van der Waals surface area contributed by atoms with E-state index in [0.29, 0.717) is 28.5 Å². The van der Waals surface area contributed by atoms with Crippen molar-refractivity contribution in [3.05, 3.63) is 70.2 Å². The Morgan fingerprint density at radius 2 is 1.84 bits per heavy atom. The monoisotopic (exact) mass is 436 g/mol. The molecule has 1 unspecified atom stereocenters. The molecule has 2 aliphatic carbocycles. The quantitative estimate of drug-likeness (QED) is 0.767. The van der Waals surface area contributed by atoms with Gasteiger partial charge < -0.3 is 10.2 Å². The van der Waals surface area contributed by atoms with Crippen LogP contribution in [0.1, 0.15) is 70.8 Å². The van der Waals surface area contributed by atoms with Crippen molar-refractivity contribution in [2.75, 3.05) is 0 Å². The van der Waals surface area contributed by atoms with Crippen LogP contribution in [0.2, 0.25) is 5.02 Å². The normalized spacial score (nSPS) is 27.0. The molecule has 2 fully saturated rings. The summed E-state index contributed by atoms with van der Waals surface area (Å²) in [5.41, 5.74) is 2.06. The lowest BCUT2D eigenvalue weighted by atomic mass is 9.84. The summed E-state index contributed by atoms with van der Waals surface area (Å²) >= 11 is 6.12. The van der Waals surface area contributed by atoms with Crippen molar-refractivity contribution in [2.24, 2.45) is 5.92 Å². The van der Waals surface area contributed by atoms with E-state index in [1.54, 1.807) is 29.2 Å². The fourth-order valence-corrected chi connectivity index (χ4v) is 5.80. The van der Waals surface area contributed by atoms with Gasteiger partial charge in [-0.1, -0.05) is 54.8 Å². The summed E-state index contributed by atoms with van der Waals surface area (Å²) in [6.45, 7) is 0. The number of likely N-dealkylation sites (tertiary alicyclic amines) is 1. The van der Waals surface area contributed by atoms with Crippen molar-refractivity contribution in [1.29, 1.82) is 0 Å². The van der Waals surface area contributed by atoms with Crippen LogP contribution >= 0.6 is 11.6 Å². The maximum atomic E-state index is 13.5. The van der Waals surface area contributed by atoms with Gasteiger partial charge in [-0.05, 0) is 48.9 Å². The van der Waals surface area contributed by atoms with Gasteiger partial charge in [0, 0.05) is 28.6 Å². The first-order valence-corrected chi connectivity index (χ1v) is 11.4. The topological polar surface area (TPSA) is 66.5 Å². The van der Waals surface area contributed by atoms with Gasteiger partial charge in [-0.3, -0.25) is 14.4 Å². The van der Waals surface area contributed by atoms with Crippen LogP contribution < -0.4 is 5.32 Å². The third-order valence-electron chi connectivity index (χ3n) is 7.04. The highest BCUT2D eigenvalue weighted by Crippen LogP contribution is 2.41. The van der Waals surface area contributed by atoms with Crippen LogP contribution in [-0.4, -0.2) is 34.6 Å². The summed E-state index contributed by atoms with van der Waals surface area (Å²) < 4.78 is 0. The van der Waals surface area contributed by atoms with Crippen LogP contribution in [0.3, 0.4) is 0 Å². The first-order valence-electron chi connectivity index (χ1n) is 11.0. The lowest BCUT2D eigenvalue weighted by Gasteiger charge is -2.34. The molecular weight excluding hydrogens is 412 g/mol. The molecule has 2 aromatic carbocycles. The number of carbonyl (C=O) groups excluding carboxylic acids is 3. The third kappa shape index (κ3) is 3.65. The van der Waals surface area contributed by atoms with Crippen LogP contribution in [0.4, 0.5) is 0 Å². The fourth-order valence-electron chi connectivity index (χ4n) is 5.61. The highest BCUT2D eigenvalue weighted by atomic mass is 35.5. The minimum Gasteiger partial charge on any atom is -0.347 e. The molecule has 0 spiro atoms. The molecule has 4 atom stereocenters. The van der Waals surface area contributed by atoms with Gasteiger partial charge in [0.2, 0.25) is 5.91 Å². The number of hydrogen-bond donors (Lipinski definition) is 1. The summed E-state index contributed by atoms with van der Waals surface area (Å²) in [6.07, 6.45) is 5.11. The molecule has 0 radical (unpaired) electrons. The Labute approximate surface area is 186 Å². The first-order chi connectivity index (χ1) is 15.0. The predicted molar refractivity (Wildman–Crippen MR) is 118 cm³/mol. The zero-order valence-electron chi connectivity index (χ0n) is 17.2. The molecule has 160 valence electrons. The Morgan fingerprint density at radius 3 is 2.68 bits per heavy atom. The Hall–Kier alpha value is -2.66. The summed E-state index contributed by atoms with van der Waals surface area (Å²) in [6, 6.07) is 13.6. The number of hydrogen-bond acceptors (Lipinski definition) is 3. The molecule has 6 heteroatoms. The first kappa shape index (κ1) is 20.3. The molecule has 1 saturated heterocycles. The summed E-state index contributed by atoms with van der Waals surface area (Å²) in [7, 11) is 0.